The van der Waals surface area contributed by atoms with Gasteiger partial charge in [-0.25, -0.2) is 4.98 Å². The second kappa shape index (κ2) is 6.71. The molecule has 0 spiro atoms. The summed E-state index contributed by atoms with van der Waals surface area (Å²) < 4.78 is 1.78. The zero-order chi connectivity index (χ0) is 17.1. The third-order valence-corrected chi connectivity index (χ3v) is 4.25. The predicted octanol–water partition coefficient (Wildman–Crippen LogP) is 1.39. The molecule has 7 nitrogen and oxygen atoms in total. The number of hydrogen-bond donors (Lipinski definition) is 1. The highest BCUT2D eigenvalue weighted by molar-refractivity contribution is 5.92. The molecule has 124 valence electrons. The van der Waals surface area contributed by atoms with E-state index in [2.05, 4.69) is 26.4 Å². The van der Waals surface area contributed by atoms with Gasteiger partial charge in [0, 0.05) is 32.4 Å². The average Bonchev–Trinajstić information content (AvgIpc) is 3.01. The van der Waals surface area contributed by atoms with E-state index < -0.39 is 0 Å². The fourth-order valence-electron chi connectivity index (χ4n) is 2.97. The lowest BCUT2D eigenvalue weighted by molar-refractivity contribution is 0.0928. The van der Waals surface area contributed by atoms with Crippen LogP contribution in [0.15, 0.2) is 24.5 Å². The van der Waals surface area contributed by atoms with Crippen molar-refractivity contribution in [3.05, 3.63) is 41.5 Å². The van der Waals surface area contributed by atoms with Crippen molar-refractivity contribution in [3.8, 4) is 6.07 Å². The Morgan fingerprint density at radius 2 is 2.29 bits per heavy atom. The molecule has 1 amide bonds. The van der Waals surface area contributed by atoms with Gasteiger partial charge in [0.15, 0.2) is 0 Å². The maximum Gasteiger partial charge on any atom is 0.270 e. The highest BCUT2D eigenvalue weighted by Gasteiger charge is 2.23. The number of aryl methyl sites for hydroxylation is 2. The van der Waals surface area contributed by atoms with E-state index >= 15 is 0 Å². The van der Waals surface area contributed by atoms with Crippen LogP contribution >= 0.6 is 0 Å². The van der Waals surface area contributed by atoms with E-state index in [1.165, 1.54) is 0 Å². The van der Waals surface area contributed by atoms with Crippen LogP contribution < -0.4 is 10.2 Å². The molecule has 24 heavy (non-hydrogen) atoms. The first-order valence-electron chi connectivity index (χ1n) is 7.99. The van der Waals surface area contributed by atoms with Gasteiger partial charge in [-0.3, -0.25) is 9.48 Å². The summed E-state index contributed by atoms with van der Waals surface area (Å²) in [7, 11) is 1.89. The number of carbonyl (C=O) groups is 1. The Bertz CT molecular complexity index is 791. The summed E-state index contributed by atoms with van der Waals surface area (Å²) >= 11 is 0. The number of nitrogens with zero attached hydrogens (tertiary/aromatic N) is 5. The van der Waals surface area contributed by atoms with E-state index in [4.69, 9.17) is 5.26 Å². The molecule has 0 aromatic carbocycles. The van der Waals surface area contributed by atoms with Gasteiger partial charge in [0.2, 0.25) is 0 Å². The molecule has 1 fully saturated rings. The van der Waals surface area contributed by atoms with Gasteiger partial charge in [-0.2, -0.15) is 10.4 Å². The average molecular weight is 324 g/mol. The molecule has 0 unspecified atom stereocenters. The zero-order valence-corrected chi connectivity index (χ0v) is 13.9. The Labute approximate surface area is 140 Å². The highest BCUT2D eigenvalue weighted by atomic mass is 16.1. The Kier molecular flexibility index (Phi) is 4.47. The summed E-state index contributed by atoms with van der Waals surface area (Å²) in [5.41, 5.74) is 2.49. The Morgan fingerprint density at radius 1 is 1.46 bits per heavy atom. The molecule has 2 aromatic heterocycles. The fraction of sp³-hybridized carbons (Fsp3) is 0.412. The molecule has 3 rings (SSSR count). The third kappa shape index (κ3) is 3.38. The predicted molar refractivity (Wildman–Crippen MR) is 89.6 cm³/mol. The Balaban J connectivity index is 1.66. The van der Waals surface area contributed by atoms with Crippen LogP contribution in [0.4, 0.5) is 5.69 Å². The Hall–Kier alpha value is -2.88. The lowest BCUT2D eigenvalue weighted by atomic mass is 10.1. The largest absolute Gasteiger partial charge is 0.367 e. The maximum absolute atomic E-state index is 12.4. The normalized spacial score (nSPS) is 17.4. The topological polar surface area (TPSA) is 86.8 Å². The third-order valence-electron chi connectivity index (χ3n) is 4.25. The van der Waals surface area contributed by atoms with Crippen LogP contribution in [0, 0.1) is 18.3 Å². The van der Waals surface area contributed by atoms with Crippen LogP contribution in [0.2, 0.25) is 0 Å². The molecular weight excluding hydrogens is 304 g/mol. The first-order valence-corrected chi connectivity index (χ1v) is 7.99. The number of pyridine rings is 1. The Morgan fingerprint density at radius 3 is 2.96 bits per heavy atom. The number of hydrogen-bond acceptors (Lipinski definition) is 5. The number of rotatable bonds is 3. The number of piperidine rings is 1. The van der Waals surface area contributed by atoms with Gasteiger partial charge >= 0.3 is 0 Å². The maximum atomic E-state index is 12.4. The minimum absolute atomic E-state index is 0.0733. The van der Waals surface area contributed by atoms with Crippen molar-refractivity contribution in [2.24, 2.45) is 7.05 Å². The molecule has 1 N–H and O–H groups in total. The second-order valence-electron chi connectivity index (χ2n) is 6.07. The molecule has 0 saturated carbocycles. The van der Waals surface area contributed by atoms with Crippen LogP contribution in [0.25, 0.3) is 0 Å². The molecule has 2 aromatic rings. The van der Waals surface area contributed by atoms with Crippen molar-refractivity contribution in [2.45, 2.75) is 25.8 Å². The zero-order valence-electron chi connectivity index (χ0n) is 13.9. The van der Waals surface area contributed by atoms with Gasteiger partial charge in [-0.1, -0.05) is 0 Å². The van der Waals surface area contributed by atoms with Crippen LogP contribution in [0.3, 0.4) is 0 Å². The van der Waals surface area contributed by atoms with Gasteiger partial charge in [0.1, 0.15) is 11.8 Å². The van der Waals surface area contributed by atoms with E-state index in [9.17, 15) is 4.79 Å². The summed E-state index contributed by atoms with van der Waals surface area (Å²) in [6, 6.07) is 5.37. The molecular formula is C17H20N6O. The van der Waals surface area contributed by atoms with Crippen LogP contribution in [-0.2, 0) is 7.05 Å². The summed E-state index contributed by atoms with van der Waals surface area (Å²) in [4.78, 5) is 18.9. The van der Waals surface area contributed by atoms with Crippen LogP contribution in [0.5, 0.6) is 0 Å². The van der Waals surface area contributed by atoms with E-state index in [-0.39, 0.29) is 11.9 Å². The molecule has 0 radical (unpaired) electrons. The van der Waals surface area contributed by atoms with Crippen LogP contribution in [0.1, 0.15) is 34.6 Å². The van der Waals surface area contributed by atoms with Gasteiger partial charge in [0.05, 0.1) is 23.1 Å². The van der Waals surface area contributed by atoms with Crippen LogP contribution in [-0.4, -0.2) is 39.8 Å². The number of anilines is 1. The van der Waals surface area contributed by atoms with E-state index in [1.807, 2.05) is 19.4 Å². The molecule has 1 atom stereocenters. The van der Waals surface area contributed by atoms with Gasteiger partial charge in [-0.15, -0.1) is 0 Å². The lowest BCUT2D eigenvalue weighted by Crippen LogP contribution is -2.48. The highest BCUT2D eigenvalue weighted by Crippen LogP contribution is 2.19. The van der Waals surface area contributed by atoms with Gasteiger partial charge in [0.25, 0.3) is 5.91 Å². The molecule has 1 aliphatic heterocycles. The smallest absolute Gasteiger partial charge is 0.270 e. The van der Waals surface area contributed by atoms with Gasteiger partial charge in [-0.05, 0) is 31.9 Å². The minimum atomic E-state index is -0.194. The standard InChI is InChI=1S/C17H20N6O/c1-12-13(8-18)5-6-16(20-12)17(24)21-14-4-3-7-23(10-14)15-9-19-22(2)11-15/h5-6,9,11,14H,3-4,7,10H2,1-2H3,(H,21,24)/t14-/m1/s1. The van der Waals surface area contributed by atoms with Gasteiger partial charge < -0.3 is 10.2 Å². The summed E-state index contributed by atoms with van der Waals surface area (Å²) in [6.07, 6.45) is 5.78. The van der Waals surface area contributed by atoms with Crippen molar-refractivity contribution in [1.82, 2.24) is 20.1 Å². The summed E-state index contributed by atoms with van der Waals surface area (Å²) in [5.74, 6) is -0.194. The SMILES string of the molecule is Cc1nc(C(=O)N[C@@H]2CCCN(c3cnn(C)c3)C2)ccc1C#N. The molecule has 1 aliphatic rings. The van der Waals surface area contributed by atoms with Crippen molar-refractivity contribution in [1.29, 1.82) is 5.26 Å². The van der Waals surface area contributed by atoms with Crippen molar-refractivity contribution >= 4 is 11.6 Å². The van der Waals surface area contributed by atoms with E-state index in [0.29, 0.717) is 17.0 Å². The monoisotopic (exact) mass is 324 g/mol. The summed E-state index contributed by atoms with van der Waals surface area (Å²) in [5, 5.41) is 16.2. The molecule has 0 bridgehead atoms. The van der Waals surface area contributed by atoms with Crippen molar-refractivity contribution in [2.75, 3.05) is 18.0 Å². The molecule has 3 heterocycles. The number of nitriles is 1. The number of nitrogens with one attached hydrogen (secondary N) is 1. The molecule has 0 aliphatic carbocycles. The lowest BCUT2D eigenvalue weighted by Gasteiger charge is -2.33. The van der Waals surface area contributed by atoms with E-state index in [0.717, 1.165) is 31.6 Å². The molecule has 1 saturated heterocycles. The fourth-order valence-corrected chi connectivity index (χ4v) is 2.97. The van der Waals surface area contributed by atoms with Crippen molar-refractivity contribution < 1.29 is 4.79 Å². The number of aromatic nitrogens is 3. The van der Waals surface area contributed by atoms with E-state index in [1.54, 1.807) is 23.7 Å². The first kappa shape index (κ1) is 16.0. The second-order valence-corrected chi connectivity index (χ2v) is 6.07. The van der Waals surface area contributed by atoms with Crippen molar-refractivity contribution in [3.63, 3.8) is 0 Å². The number of amides is 1. The quantitative estimate of drug-likeness (QED) is 0.922. The summed E-state index contributed by atoms with van der Waals surface area (Å²) in [6.45, 7) is 3.46. The minimum Gasteiger partial charge on any atom is -0.367 e. The number of carbonyl (C=O) groups excluding carboxylic acids is 1. The molecule has 7 heteroatoms. The first-order chi connectivity index (χ1) is 11.6.